The van der Waals surface area contributed by atoms with Crippen molar-refractivity contribution in [2.75, 3.05) is 39.3 Å². The quantitative estimate of drug-likeness (QED) is 0.831. The largest absolute Gasteiger partial charge is 0.484 e. The first kappa shape index (κ1) is 19.5. The summed E-state index contributed by atoms with van der Waals surface area (Å²) >= 11 is 5.98. The van der Waals surface area contributed by atoms with Crippen molar-refractivity contribution in [3.05, 3.63) is 28.8 Å². The Kier molecular flexibility index (Phi) is 7.08. The summed E-state index contributed by atoms with van der Waals surface area (Å²) in [5.41, 5.74) is 0.917. The first-order chi connectivity index (χ1) is 11.8. The number of carbonyl (C=O) groups is 2. The molecule has 1 aromatic rings. The van der Waals surface area contributed by atoms with Gasteiger partial charge in [-0.1, -0.05) is 11.6 Å². The van der Waals surface area contributed by atoms with Gasteiger partial charge in [0.1, 0.15) is 5.75 Å². The van der Waals surface area contributed by atoms with Crippen molar-refractivity contribution in [2.24, 2.45) is 0 Å². The number of nitrogens with one attached hydrogen (secondary N) is 1. The van der Waals surface area contributed by atoms with Gasteiger partial charge < -0.3 is 15.0 Å². The highest BCUT2D eigenvalue weighted by Crippen LogP contribution is 2.21. The number of benzene rings is 1. The molecule has 138 valence electrons. The van der Waals surface area contributed by atoms with E-state index in [1.807, 2.05) is 26.8 Å². The molecule has 0 aliphatic carbocycles. The van der Waals surface area contributed by atoms with Crippen molar-refractivity contribution < 1.29 is 14.3 Å². The standard InChI is InChI=1S/C18H26ClN3O3/c1-13(2)20-17(23)11-21-6-8-22(9-7-21)18(24)12-25-15-4-5-16(19)14(3)10-15/h4-5,10,13H,6-9,11-12H2,1-3H3,(H,20,23). The normalized spacial score (nSPS) is 15.3. The second-order valence-corrected chi connectivity index (χ2v) is 6.99. The molecule has 0 spiro atoms. The minimum atomic E-state index is -0.0427. The zero-order valence-corrected chi connectivity index (χ0v) is 15.8. The summed E-state index contributed by atoms with van der Waals surface area (Å²) in [5, 5.41) is 3.56. The van der Waals surface area contributed by atoms with Crippen LogP contribution in [0, 0.1) is 6.92 Å². The summed E-state index contributed by atoms with van der Waals surface area (Å²) in [6.45, 7) is 8.76. The Balaban J connectivity index is 1.73. The third-order valence-electron chi connectivity index (χ3n) is 4.03. The molecule has 2 rings (SSSR count). The van der Waals surface area contributed by atoms with E-state index in [2.05, 4.69) is 10.2 Å². The molecule has 0 radical (unpaired) electrons. The maximum atomic E-state index is 12.3. The predicted molar refractivity (Wildman–Crippen MR) is 98.0 cm³/mol. The summed E-state index contributed by atoms with van der Waals surface area (Å²) in [6, 6.07) is 5.48. The average Bonchev–Trinajstić information content (AvgIpc) is 2.55. The van der Waals surface area contributed by atoms with E-state index in [-0.39, 0.29) is 24.5 Å². The first-order valence-electron chi connectivity index (χ1n) is 8.53. The summed E-state index contributed by atoms with van der Waals surface area (Å²) < 4.78 is 5.56. The molecule has 1 aliphatic heterocycles. The molecule has 1 heterocycles. The molecular formula is C18H26ClN3O3. The zero-order valence-electron chi connectivity index (χ0n) is 15.0. The Bertz CT molecular complexity index is 614. The molecule has 0 saturated carbocycles. The van der Waals surface area contributed by atoms with E-state index in [0.717, 1.165) is 5.56 Å². The van der Waals surface area contributed by atoms with Crippen molar-refractivity contribution >= 4 is 23.4 Å². The van der Waals surface area contributed by atoms with Crippen LogP contribution in [0.2, 0.25) is 5.02 Å². The number of hydrogen-bond donors (Lipinski definition) is 1. The molecule has 25 heavy (non-hydrogen) atoms. The van der Waals surface area contributed by atoms with Crippen molar-refractivity contribution in [1.82, 2.24) is 15.1 Å². The van der Waals surface area contributed by atoms with E-state index >= 15 is 0 Å². The van der Waals surface area contributed by atoms with Gasteiger partial charge in [0, 0.05) is 37.2 Å². The monoisotopic (exact) mass is 367 g/mol. The highest BCUT2D eigenvalue weighted by molar-refractivity contribution is 6.31. The van der Waals surface area contributed by atoms with Gasteiger partial charge in [-0.2, -0.15) is 0 Å². The Morgan fingerprint density at radius 1 is 1.24 bits per heavy atom. The highest BCUT2D eigenvalue weighted by atomic mass is 35.5. The lowest BCUT2D eigenvalue weighted by atomic mass is 10.2. The van der Waals surface area contributed by atoms with Crippen molar-refractivity contribution in [3.8, 4) is 5.75 Å². The van der Waals surface area contributed by atoms with Crippen LogP contribution < -0.4 is 10.1 Å². The van der Waals surface area contributed by atoms with Crippen LogP contribution in [0.4, 0.5) is 0 Å². The number of nitrogens with zero attached hydrogens (tertiary/aromatic N) is 2. The molecule has 0 aromatic heterocycles. The summed E-state index contributed by atoms with van der Waals surface area (Å²) in [7, 11) is 0. The van der Waals surface area contributed by atoms with Crippen molar-refractivity contribution in [1.29, 1.82) is 0 Å². The van der Waals surface area contributed by atoms with Gasteiger partial charge in [-0.05, 0) is 44.5 Å². The fraction of sp³-hybridized carbons (Fsp3) is 0.556. The molecular weight excluding hydrogens is 342 g/mol. The van der Waals surface area contributed by atoms with Gasteiger partial charge in [-0.3, -0.25) is 14.5 Å². The third kappa shape index (κ3) is 6.21. The topological polar surface area (TPSA) is 61.9 Å². The number of amides is 2. The Morgan fingerprint density at radius 2 is 1.92 bits per heavy atom. The molecule has 1 fully saturated rings. The van der Waals surface area contributed by atoms with Crippen LogP contribution in [0.1, 0.15) is 19.4 Å². The van der Waals surface area contributed by atoms with Crippen molar-refractivity contribution in [3.63, 3.8) is 0 Å². The van der Waals surface area contributed by atoms with Gasteiger partial charge in [0.25, 0.3) is 5.91 Å². The predicted octanol–water partition coefficient (Wildman–Crippen LogP) is 1.70. The Morgan fingerprint density at radius 3 is 2.52 bits per heavy atom. The number of piperazine rings is 1. The summed E-state index contributed by atoms with van der Waals surface area (Å²) in [5.74, 6) is 0.620. The number of rotatable bonds is 6. The highest BCUT2D eigenvalue weighted by Gasteiger charge is 2.22. The molecule has 2 amide bonds. The average molecular weight is 368 g/mol. The molecule has 6 nitrogen and oxygen atoms in total. The third-order valence-corrected chi connectivity index (χ3v) is 4.46. The molecule has 0 atom stereocenters. The number of aryl methyl sites for hydroxylation is 1. The van der Waals surface area contributed by atoms with Crippen LogP contribution in [0.3, 0.4) is 0 Å². The van der Waals surface area contributed by atoms with Crippen LogP contribution in [0.15, 0.2) is 18.2 Å². The van der Waals surface area contributed by atoms with Gasteiger partial charge in [-0.25, -0.2) is 0 Å². The SMILES string of the molecule is Cc1cc(OCC(=O)N2CCN(CC(=O)NC(C)C)CC2)ccc1Cl. The molecule has 1 saturated heterocycles. The molecule has 0 unspecified atom stereocenters. The number of halogens is 1. The molecule has 1 aliphatic rings. The van der Waals surface area contributed by atoms with Gasteiger partial charge in [0.05, 0.1) is 6.54 Å². The fourth-order valence-corrected chi connectivity index (χ4v) is 2.79. The summed E-state index contributed by atoms with van der Waals surface area (Å²) in [6.07, 6.45) is 0. The second-order valence-electron chi connectivity index (χ2n) is 6.58. The Hall–Kier alpha value is -1.79. The summed E-state index contributed by atoms with van der Waals surface area (Å²) in [4.78, 5) is 27.9. The lowest BCUT2D eigenvalue weighted by Gasteiger charge is -2.34. The van der Waals surface area contributed by atoms with E-state index in [0.29, 0.717) is 43.5 Å². The van der Waals surface area contributed by atoms with Crippen LogP contribution in [-0.2, 0) is 9.59 Å². The first-order valence-corrected chi connectivity index (χ1v) is 8.91. The maximum absolute atomic E-state index is 12.3. The van der Waals surface area contributed by atoms with E-state index in [1.165, 1.54) is 0 Å². The molecule has 1 aromatic carbocycles. The van der Waals surface area contributed by atoms with Crippen molar-refractivity contribution in [2.45, 2.75) is 26.8 Å². The zero-order chi connectivity index (χ0) is 18.4. The van der Waals surface area contributed by atoms with E-state index < -0.39 is 0 Å². The minimum Gasteiger partial charge on any atom is -0.484 e. The minimum absolute atomic E-state index is 0.00884. The fourth-order valence-electron chi connectivity index (χ4n) is 2.67. The van der Waals surface area contributed by atoms with Crippen LogP contribution >= 0.6 is 11.6 Å². The second kappa shape index (κ2) is 9.06. The lowest BCUT2D eigenvalue weighted by molar-refractivity contribution is -0.135. The smallest absolute Gasteiger partial charge is 0.260 e. The molecule has 7 heteroatoms. The van der Waals surface area contributed by atoms with Gasteiger partial charge >= 0.3 is 0 Å². The number of carbonyl (C=O) groups excluding carboxylic acids is 2. The molecule has 1 N–H and O–H groups in total. The number of hydrogen-bond acceptors (Lipinski definition) is 4. The van der Waals surface area contributed by atoms with Crippen LogP contribution in [-0.4, -0.2) is 67.0 Å². The van der Waals surface area contributed by atoms with Crippen LogP contribution in [0.5, 0.6) is 5.75 Å². The molecule has 0 bridgehead atoms. The van der Waals surface area contributed by atoms with E-state index in [1.54, 1.807) is 17.0 Å². The maximum Gasteiger partial charge on any atom is 0.260 e. The van der Waals surface area contributed by atoms with E-state index in [4.69, 9.17) is 16.3 Å². The Labute approximate surface area is 154 Å². The van der Waals surface area contributed by atoms with E-state index in [9.17, 15) is 9.59 Å². The van der Waals surface area contributed by atoms with Crippen LogP contribution in [0.25, 0.3) is 0 Å². The van der Waals surface area contributed by atoms with Gasteiger partial charge in [0.15, 0.2) is 6.61 Å². The lowest BCUT2D eigenvalue weighted by Crippen LogP contribution is -2.52. The number of ether oxygens (including phenoxy) is 1. The van der Waals surface area contributed by atoms with Gasteiger partial charge in [-0.15, -0.1) is 0 Å². The van der Waals surface area contributed by atoms with Gasteiger partial charge in [0.2, 0.25) is 5.91 Å².